The molecule has 2 aromatic heterocycles. The first-order chi connectivity index (χ1) is 8.49. The second-order valence-electron chi connectivity index (χ2n) is 3.76. The quantitative estimate of drug-likeness (QED) is 0.882. The predicted octanol–water partition coefficient (Wildman–Crippen LogP) is 0.709. The number of carbonyl (C=O) groups is 1. The van der Waals surface area contributed by atoms with E-state index < -0.39 is 0 Å². The molecule has 0 aromatic carbocycles. The maximum Gasteiger partial charge on any atom is 0.254 e. The number of nitrogen functional groups attached to an aromatic ring is 1. The summed E-state index contributed by atoms with van der Waals surface area (Å²) in [5, 5.41) is 3.97. The van der Waals surface area contributed by atoms with Gasteiger partial charge < -0.3 is 10.6 Å². The van der Waals surface area contributed by atoms with Gasteiger partial charge in [-0.05, 0) is 28.1 Å². The lowest BCUT2D eigenvalue weighted by Gasteiger charge is -2.09. The number of carbonyl (C=O) groups excluding carboxylic acids is 1. The van der Waals surface area contributed by atoms with Gasteiger partial charge in [-0.25, -0.2) is 4.98 Å². The van der Waals surface area contributed by atoms with E-state index in [-0.39, 0.29) is 11.9 Å². The van der Waals surface area contributed by atoms with Crippen LogP contribution in [0.1, 0.15) is 10.4 Å². The lowest BCUT2D eigenvalue weighted by molar-refractivity contribution is 0.0827. The average Bonchev–Trinajstić information content (AvgIpc) is 2.67. The molecular weight excluding hydrogens is 300 g/mol. The van der Waals surface area contributed by atoms with Gasteiger partial charge in [-0.1, -0.05) is 0 Å². The first kappa shape index (κ1) is 12.5. The van der Waals surface area contributed by atoms with E-state index in [9.17, 15) is 4.79 Å². The van der Waals surface area contributed by atoms with Crippen molar-refractivity contribution in [2.24, 2.45) is 0 Å². The highest BCUT2D eigenvalue weighted by atomic mass is 79.9. The molecule has 0 saturated heterocycles. The van der Waals surface area contributed by atoms with Crippen molar-refractivity contribution in [3.05, 3.63) is 28.6 Å². The highest BCUT2D eigenvalue weighted by Gasteiger charge is 2.11. The molecular formula is C10H11BrN6O. The maximum absolute atomic E-state index is 11.7. The summed E-state index contributed by atoms with van der Waals surface area (Å²) in [5.41, 5.74) is 5.98. The van der Waals surface area contributed by atoms with Gasteiger partial charge in [0, 0.05) is 20.3 Å². The van der Waals surface area contributed by atoms with Crippen molar-refractivity contribution in [1.82, 2.24) is 24.6 Å². The number of hydrogen-bond acceptors (Lipinski definition) is 5. The molecule has 0 radical (unpaired) electrons. The van der Waals surface area contributed by atoms with E-state index in [4.69, 9.17) is 5.73 Å². The van der Waals surface area contributed by atoms with Gasteiger partial charge >= 0.3 is 0 Å². The zero-order valence-electron chi connectivity index (χ0n) is 9.83. The topological polar surface area (TPSA) is 89.9 Å². The van der Waals surface area contributed by atoms with E-state index in [1.54, 1.807) is 26.2 Å². The van der Waals surface area contributed by atoms with Crippen molar-refractivity contribution >= 4 is 27.8 Å². The van der Waals surface area contributed by atoms with Crippen LogP contribution >= 0.6 is 15.9 Å². The van der Waals surface area contributed by atoms with E-state index in [1.165, 1.54) is 15.8 Å². The molecule has 8 heteroatoms. The molecule has 0 aliphatic rings. The summed E-state index contributed by atoms with van der Waals surface area (Å²) in [6.45, 7) is 0. The molecule has 18 heavy (non-hydrogen) atoms. The highest BCUT2D eigenvalue weighted by molar-refractivity contribution is 9.10. The number of aromatic nitrogens is 4. The van der Waals surface area contributed by atoms with Crippen LogP contribution in [0.2, 0.25) is 0 Å². The van der Waals surface area contributed by atoms with Crippen LogP contribution in [0.15, 0.2) is 23.1 Å². The van der Waals surface area contributed by atoms with Crippen molar-refractivity contribution in [2.75, 3.05) is 19.8 Å². The third kappa shape index (κ3) is 2.33. The third-order valence-electron chi connectivity index (χ3n) is 2.20. The Bertz CT molecular complexity index is 577. The van der Waals surface area contributed by atoms with Gasteiger partial charge in [-0.15, -0.1) is 5.10 Å². The van der Waals surface area contributed by atoms with Crippen LogP contribution < -0.4 is 5.73 Å². The summed E-state index contributed by atoms with van der Waals surface area (Å²) in [7, 11) is 3.37. The Morgan fingerprint density at radius 1 is 1.44 bits per heavy atom. The Kier molecular flexibility index (Phi) is 3.28. The van der Waals surface area contributed by atoms with Crippen LogP contribution in [0.25, 0.3) is 5.82 Å². The lowest BCUT2D eigenvalue weighted by atomic mass is 10.2. The first-order valence-corrected chi connectivity index (χ1v) is 5.84. The molecule has 94 valence electrons. The number of hydrogen-bond donors (Lipinski definition) is 1. The maximum atomic E-state index is 11.7. The molecule has 0 aliphatic carbocycles. The molecule has 0 spiro atoms. The van der Waals surface area contributed by atoms with E-state index in [0.29, 0.717) is 16.1 Å². The largest absolute Gasteiger partial charge is 0.366 e. The Hall–Kier alpha value is -1.96. The summed E-state index contributed by atoms with van der Waals surface area (Å²) >= 11 is 3.22. The van der Waals surface area contributed by atoms with Crippen molar-refractivity contribution in [1.29, 1.82) is 0 Å². The van der Waals surface area contributed by atoms with Crippen molar-refractivity contribution < 1.29 is 4.79 Å². The highest BCUT2D eigenvalue weighted by Crippen LogP contribution is 2.14. The van der Waals surface area contributed by atoms with Gasteiger partial charge in [-0.3, -0.25) is 4.79 Å². The number of anilines is 1. The smallest absolute Gasteiger partial charge is 0.254 e. The first-order valence-electron chi connectivity index (χ1n) is 5.05. The van der Waals surface area contributed by atoms with Crippen LogP contribution in [0.3, 0.4) is 0 Å². The minimum absolute atomic E-state index is 0.105. The van der Waals surface area contributed by atoms with Crippen LogP contribution in [-0.2, 0) is 0 Å². The van der Waals surface area contributed by atoms with Gasteiger partial charge in [0.05, 0.1) is 5.56 Å². The molecule has 0 unspecified atom stereocenters. The molecule has 7 nitrogen and oxygen atoms in total. The standard InChI is InChI=1S/C10H11BrN6O/c1-16(2)8(18)6-3-4-7(13-5-6)17-9(11)14-10(12)15-17/h3-5H,1-2H3,(H2,12,15). The van der Waals surface area contributed by atoms with Crippen LogP contribution in [0.4, 0.5) is 5.95 Å². The fourth-order valence-electron chi connectivity index (χ4n) is 1.35. The lowest BCUT2D eigenvalue weighted by Crippen LogP contribution is -2.21. The van der Waals surface area contributed by atoms with E-state index in [2.05, 4.69) is 31.0 Å². The van der Waals surface area contributed by atoms with Crippen LogP contribution in [0, 0.1) is 0 Å². The molecule has 2 rings (SSSR count). The average molecular weight is 311 g/mol. The second-order valence-corrected chi connectivity index (χ2v) is 4.46. The SMILES string of the molecule is CN(C)C(=O)c1ccc(-n2nc(N)nc2Br)nc1. The Morgan fingerprint density at radius 2 is 2.17 bits per heavy atom. The van der Waals surface area contributed by atoms with E-state index >= 15 is 0 Å². The molecule has 2 heterocycles. The van der Waals surface area contributed by atoms with Gasteiger partial charge in [0.15, 0.2) is 5.82 Å². The van der Waals surface area contributed by atoms with E-state index in [1.807, 2.05) is 0 Å². The Morgan fingerprint density at radius 3 is 2.61 bits per heavy atom. The molecule has 2 N–H and O–H groups in total. The number of nitrogens with zero attached hydrogens (tertiary/aromatic N) is 5. The summed E-state index contributed by atoms with van der Waals surface area (Å²) < 4.78 is 1.90. The number of rotatable bonds is 2. The monoisotopic (exact) mass is 310 g/mol. The summed E-state index contributed by atoms with van der Waals surface area (Å²) in [4.78, 5) is 21.2. The molecule has 0 atom stereocenters. The van der Waals surface area contributed by atoms with Gasteiger partial charge in [0.2, 0.25) is 10.7 Å². The Balaban J connectivity index is 2.33. The molecule has 0 saturated carbocycles. The normalized spacial score (nSPS) is 10.4. The van der Waals surface area contributed by atoms with Gasteiger partial charge in [0.1, 0.15) is 0 Å². The summed E-state index contributed by atoms with van der Waals surface area (Å²) in [5.74, 6) is 0.574. The van der Waals surface area contributed by atoms with Crippen molar-refractivity contribution in [3.8, 4) is 5.82 Å². The van der Waals surface area contributed by atoms with Gasteiger partial charge in [-0.2, -0.15) is 9.67 Å². The zero-order chi connectivity index (χ0) is 13.3. The number of pyridine rings is 1. The minimum Gasteiger partial charge on any atom is -0.366 e. The second kappa shape index (κ2) is 4.73. The fraction of sp³-hybridized carbons (Fsp3) is 0.200. The summed E-state index contributed by atoms with van der Waals surface area (Å²) in [6, 6.07) is 3.35. The predicted molar refractivity (Wildman–Crippen MR) is 69.3 cm³/mol. The zero-order valence-corrected chi connectivity index (χ0v) is 11.4. The molecule has 0 fully saturated rings. The van der Waals surface area contributed by atoms with Crippen molar-refractivity contribution in [3.63, 3.8) is 0 Å². The molecule has 2 aromatic rings. The molecule has 0 bridgehead atoms. The van der Waals surface area contributed by atoms with Crippen molar-refractivity contribution in [2.45, 2.75) is 0 Å². The van der Waals surface area contributed by atoms with Crippen LogP contribution in [0.5, 0.6) is 0 Å². The van der Waals surface area contributed by atoms with Crippen LogP contribution in [-0.4, -0.2) is 44.7 Å². The Labute approximate surface area is 112 Å². The molecule has 1 amide bonds. The summed E-state index contributed by atoms with van der Waals surface area (Å²) in [6.07, 6.45) is 1.49. The number of amides is 1. The molecule has 0 aliphatic heterocycles. The van der Waals surface area contributed by atoms with E-state index in [0.717, 1.165) is 0 Å². The van der Waals surface area contributed by atoms with Gasteiger partial charge in [0.25, 0.3) is 5.91 Å². The minimum atomic E-state index is -0.105. The third-order valence-corrected chi connectivity index (χ3v) is 2.72. The fourth-order valence-corrected chi connectivity index (χ4v) is 1.79. The number of nitrogens with two attached hydrogens (primary N) is 1. The number of halogens is 1.